The van der Waals surface area contributed by atoms with E-state index in [2.05, 4.69) is 0 Å². The standard InChI is InChI=1S/C18H20N2O8S/c1-4-28-18(21)12-19(16-9-8-14(26-2)11-17(16)27-3)29(24,25)15-7-5-6-13(10-15)20(22)23/h5-11H,4,12H2,1-3H3. The van der Waals surface area contributed by atoms with E-state index in [-0.39, 0.29) is 22.9 Å². The van der Waals surface area contributed by atoms with Gasteiger partial charge in [-0.2, -0.15) is 0 Å². The highest BCUT2D eigenvalue weighted by molar-refractivity contribution is 7.92. The number of hydrogen-bond donors (Lipinski definition) is 0. The molecule has 0 heterocycles. The van der Waals surface area contributed by atoms with Crippen LogP contribution < -0.4 is 13.8 Å². The number of rotatable bonds is 9. The third-order valence-corrected chi connectivity index (χ3v) is 5.61. The lowest BCUT2D eigenvalue weighted by molar-refractivity contribution is -0.385. The molecule has 156 valence electrons. The Morgan fingerprint density at radius 1 is 1.14 bits per heavy atom. The number of anilines is 1. The summed E-state index contributed by atoms with van der Waals surface area (Å²) < 4.78 is 42.6. The molecule has 0 aromatic heterocycles. The van der Waals surface area contributed by atoms with Gasteiger partial charge in [-0.05, 0) is 25.1 Å². The van der Waals surface area contributed by atoms with Crippen molar-refractivity contribution in [2.75, 3.05) is 31.7 Å². The monoisotopic (exact) mass is 424 g/mol. The average Bonchev–Trinajstić information content (AvgIpc) is 2.71. The minimum atomic E-state index is -4.37. The molecule has 0 N–H and O–H groups in total. The van der Waals surface area contributed by atoms with Crippen LogP contribution in [0, 0.1) is 10.1 Å². The van der Waals surface area contributed by atoms with Gasteiger partial charge in [-0.3, -0.25) is 19.2 Å². The fourth-order valence-electron chi connectivity index (χ4n) is 2.50. The Hall–Kier alpha value is -3.34. The number of carbonyl (C=O) groups excluding carboxylic acids is 1. The first-order valence-electron chi connectivity index (χ1n) is 8.39. The van der Waals surface area contributed by atoms with Gasteiger partial charge in [0.2, 0.25) is 0 Å². The Morgan fingerprint density at radius 2 is 1.86 bits per heavy atom. The van der Waals surface area contributed by atoms with Crippen LogP contribution in [0.1, 0.15) is 6.92 Å². The first-order valence-corrected chi connectivity index (χ1v) is 9.83. The minimum absolute atomic E-state index is 0.0489. The number of nitrogens with zero attached hydrogens (tertiary/aromatic N) is 2. The van der Waals surface area contributed by atoms with E-state index >= 15 is 0 Å². The topological polar surface area (TPSA) is 125 Å². The fourth-order valence-corrected chi connectivity index (χ4v) is 3.96. The summed E-state index contributed by atoms with van der Waals surface area (Å²) in [7, 11) is -1.60. The number of esters is 1. The number of carbonyl (C=O) groups is 1. The van der Waals surface area contributed by atoms with Crippen LogP contribution in [0.5, 0.6) is 11.5 Å². The number of sulfonamides is 1. The summed E-state index contributed by atoms with van der Waals surface area (Å²) in [6.07, 6.45) is 0. The molecular formula is C18H20N2O8S. The van der Waals surface area contributed by atoms with Crippen molar-refractivity contribution in [3.05, 3.63) is 52.6 Å². The van der Waals surface area contributed by atoms with Crippen molar-refractivity contribution in [2.45, 2.75) is 11.8 Å². The molecule has 2 aromatic rings. The molecule has 0 bridgehead atoms. The summed E-state index contributed by atoms with van der Waals surface area (Å²) in [5.74, 6) is -0.253. The highest BCUT2D eigenvalue weighted by Gasteiger charge is 2.31. The van der Waals surface area contributed by atoms with Crippen molar-refractivity contribution in [2.24, 2.45) is 0 Å². The quantitative estimate of drug-likeness (QED) is 0.341. The average molecular weight is 424 g/mol. The summed E-state index contributed by atoms with van der Waals surface area (Å²) >= 11 is 0. The highest BCUT2D eigenvalue weighted by Crippen LogP contribution is 2.35. The maximum Gasteiger partial charge on any atom is 0.326 e. The van der Waals surface area contributed by atoms with Gasteiger partial charge in [0.05, 0.1) is 36.3 Å². The Balaban J connectivity index is 2.63. The SMILES string of the molecule is CCOC(=O)CN(c1ccc(OC)cc1OC)S(=O)(=O)c1cccc([N+](=O)[O-])c1. The molecule has 10 nitrogen and oxygen atoms in total. The smallest absolute Gasteiger partial charge is 0.326 e. The Bertz CT molecular complexity index is 1010. The molecule has 2 aromatic carbocycles. The number of ether oxygens (including phenoxy) is 3. The van der Waals surface area contributed by atoms with Crippen molar-refractivity contribution in [1.82, 2.24) is 0 Å². The highest BCUT2D eigenvalue weighted by atomic mass is 32.2. The van der Waals surface area contributed by atoms with E-state index < -0.39 is 33.1 Å². The van der Waals surface area contributed by atoms with Crippen molar-refractivity contribution >= 4 is 27.4 Å². The number of benzene rings is 2. The van der Waals surface area contributed by atoms with E-state index in [9.17, 15) is 23.3 Å². The number of hydrogen-bond acceptors (Lipinski definition) is 8. The molecule has 2 rings (SSSR count). The second-order valence-corrected chi connectivity index (χ2v) is 7.47. The lowest BCUT2D eigenvalue weighted by Crippen LogP contribution is -2.37. The molecule has 0 aliphatic heterocycles. The zero-order chi connectivity index (χ0) is 21.6. The number of nitro groups is 1. The number of methoxy groups -OCH3 is 2. The first kappa shape index (κ1) is 22.0. The molecule has 0 spiro atoms. The predicted molar refractivity (Wildman–Crippen MR) is 104 cm³/mol. The summed E-state index contributed by atoms with van der Waals surface area (Å²) in [6, 6.07) is 8.91. The predicted octanol–water partition coefficient (Wildman–Crippen LogP) is 2.37. The molecule has 0 unspecified atom stereocenters. The van der Waals surface area contributed by atoms with E-state index in [1.807, 2.05) is 0 Å². The van der Waals surface area contributed by atoms with Gasteiger partial charge in [-0.25, -0.2) is 8.42 Å². The molecule has 11 heteroatoms. The van der Waals surface area contributed by atoms with Crippen molar-refractivity contribution in [3.8, 4) is 11.5 Å². The lowest BCUT2D eigenvalue weighted by Gasteiger charge is -2.25. The first-order chi connectivity index (χ1) is 13.7. The Labute approximate surface area is 167 Å². The van der Waals surface area contributed by atoms with Gasteiger partial charge in [0, 0.05) is 18.2 Å². The van der Waals surface area contributed by atoms with E-state index in [0.717, 1.165) is 10.4 Å². The van der Waals surface area contributed by atoms with Gasteiger partial charge in [-0.15, -0.1) is 0 Å². The van der Waals surface area contributed by atoms with Crippen LogP contribution in [0.15, 0.2) is 47.4 Å². The van der Waals surface area contributed by atoms with E-state index in [4.69, 9.17) is 14.2 Å². The number of non-ortho nitro benzene ring substituents is 1. The number of nitro benzene ring substituents is 1. The molecule has 29 heavy (non-hydrogen) atoms. The second-order valence-electron chi connectivity index (χ2n) is 5.61. The van der Waals surface area contributed by atoms with Crippen LogP contribution >= 0.6 is 0 Å². The van der Waals surface area contributed by atoms with Gasteiger partial charge >= 0.3 is 5.97 Å². The fraction of sp³-hybridized carbons (Fsp3) is 0.278. The maximum atomic E-state index is 13.3. The molecule has 0 amide bonds. The third-order valence-electron chi connectivity index (χ3n) is 3.85. The van der Waals surface area contributed by atoms with Crippen LogP contribution in [-0.2, 0) is 19.6 Å². The maximum absolute atomic E-state index is 13.3. The molecule has 0 aliphatic carbocycles. The van der Waals surface area contributed by atoms with Crippen LogP contribution in [0.2, 0.25) is 0 Å². The van der Waals surface area contributed by atoms with Gasteiger partial charge in [0.15, 0.2) is 0 Å². The lowest BCUT2D eigenvalue weighted by atomic mass is 10.2. The van der Waals surface area contributed by atoms with Crippen LogP contribution in [0.4, 0.5) is 11.4 Å². The van der Waals surface area contributed by atoms with Gasteiger partial charge < -0.3 is 14.2 Å². The van der Waals surface area contributed by atoms with Gasteiger partial charge in [-0.1, -0.05) is 6.07 Å². The molecule has 0 fully saturated rings. The summed E-state index contributed by atoms with van der Waals surface area (Å²) in [4.78, 5) is 22.1. The van der Waals surface area contributed by atoms with Crippen molar-refractivity contribution in [1.29, 1.82) is 0 Å². The Morgan fingerprint density at radius 3 is 2.45 bits per heavy atom. The molecule has 0 atom stereocenters. The second kappa shape index (κ2) is 9.24. The molecular weight excluding hydrogens is 404 g/mol. The van der Waals surface area contributed by atoms with Crippen molar-refractivity contribution in [3.63, 3.8) is 0 Å². The molecule has 0 saturated carbocycles. The Kier molecular flexibility index (Phi) is 6.99. The van der Waals surface area contributed by atoms with Crippen LogP contribution in [0.25, 0.3) is 0 Å². The zero-order valence-electron chi connectivity index (χ0n) is 16.0. The summed E-state index contributed by atoms with van der Waals surface area (Å²) in [6.45, 7) is 0.996. The van der Waals surface area contributed by atoms with Crippen LogP contribution in [0.3, 0.4) is 0 Å². The third kappa shape index (κ3) is 4.93. The van der Waals surface area contributed by atoms with Gasteiger partial charge in [0.1, 0.15) is 18.0 Å². The summed E-state index contributed by atoms with van der Waals surface area (Å²) in [5.41, 5.74) is -0.350. The molecule has 0 aliphatic rings. The molecule has 0 radical (unpaired) electrons. The van der Waals surface area contributed by atoms with Crippen molar-refractivity contribution < 1.29 is 32.3 Å². The summed E-state index contributed by atoms with van der Waals surface area (Å²) in [5, 5.41) is 11.0. The zero-order valence-corrected chi connectivity index (χ0v) is 16.8. The molecule has 0 saturated heterocycles. The largest absolute Gasteiger partial charge is 0.497 e. The normalized spacial score (nSPS) is 10.9. The minimum Gasteiger partial charge on any atom is -0.497 e. The van der Waals surface area contributed by atoms with E-state index in [1.54, 1.807) is 6.92 Å². The van der Waals surface area contributed by atoms with E-state index in [1.165, 1.54) is 50.6 Å². The van der Waals surface area contributed by atoms with Gasteiger partial charge in [0.25, 0.3) is 15.7 Å². The van der Waals surface area contributed by atoms with Crippen LogP contribution in [-0.4, -0.2) is 46.7 Å². The van der Waals surface area contributed by atoms with E-state index in [0.29, 0.717) is 5.75 Å².